The van der Waals surface area contributed by atoms with E-state index in [2.05, 4.69) is 23.5 Å². The third-order valence-corrected chi connectivity index (χ3v) is 5.20. The van der Waals surface area contributed by atoms with Gasteiger partial charge in [0.25, 0.3) is 0 Å². The minimum atomic E-state index is -1.84. The van der Waals surface area contributed by atoms with Crippen LogP contribution < -0.4 is 4.74 Å². The lowest BCUT2D eigenvalue weighted by Crippen LogP contribution is -2.15. The van der Waals surface area contributed by atoms with Crippen LogP contribution in [0.15, 0.2) is 24.3 Å². The molecule has 0 saturated heterocycles. The Kier molecular flexibility index (Phi) is 11.5. The van der Waals surface area contributed by atoms with E-state index >= 15 is 0 Å². The average molecular weight is 479 g/mol. The standard InChI is InChI=1S/C27H30F4O3/c1-3-5-6-7-8-9-10-11-18-34-20-15-12-19(13-16-20)14-17-21-23(28)25(30)22(26(31)24(21)29)27(32)33-4-2/h12-13,15-16H,3-11,18H2,1-2H3. The summed E-state index contributed by atoms with van der Waals surface area (Å²) in [5.41, 5.74) is -2.15. The van der Waals surface area contributed by atoms with E-state index < -0.39 is 40.4 Å². The molecule has 0 aliphatic carbocycles. The molecule has 2 rings (SSSR count). The van der Waals surface area contributed by atoms with Crippen LogP contribution in [0.2, 0.25) is 0 Å². The minimum absolute atomic E-state index is 0.207. The topological polar surface area (TPSA) is 35.5 Å². The molecule has 0 atom stereocenters. The quantitative estimate of drug-likeness (QED) is 0.105. The van der Waals surface area contributed by atoms with Crippen LogP contribution in [0.3, 0.4) is 0 Å². The van der Waals surface area contributed by atoms with E-state index in [1.807, 2.05) is 0 Å². The van der Waals surface area contributed by atoms with Crippen molar-refractivity contribution in [3.8, 4) is 17.6 Å². The van der Waals surface area contributed by atoms with Gasteiger partial charge in [-0.05, 0) is 37.6 Å². The maximum absolute atomic E-state index is 14.3. The van der Waals surface area contributed by atoms with Gasteiger partial charge in [-0.3, -0.25) is 0 Å². The maximum atomic E-state index is 14.3. The van der Waals surface area contributed by atoms with E-state index in [-0.39, 0.29) is 6.61 Å². The molecular weight excluding hydrogens is 448 g/mol. The number of hydrogen-bond donors (Lipinski definition) is 0. The molecule has 0 spiro atoms. The molecular formula is C27H30F4O3. The molecule has 0 aromatic heterocycles. The molecule has 2 aromatic rings. The number of esters is 1. The van der Waals surface area contributed by atoms with Crippen LogP contribution in [-0.4, -0.2) is 19.2 Å². The van der Waals surface area contributed by atoms with Crippen molar-refractivity contribution in [3.05, 3.63) is 64.2 Å². The first kappa shape index (κ1) is 27.2. The van der Waals surface area contributed by atoms with Crippen molar-refractivity contribution in [2.24, 2.45) is 0 Å². The fourth-order valence-corrected chi connectivity index (χ4v) is 3.32. The SMILES string of the molecule is CCCCCCCCCCOc1ccc(C#Cc2c(F)c(F)c(C(=O)OCC)c(F)c2F)cc1. The molecule has 2 aromatic carbocycles. The Labute approximate surface area is 198 Å². The Bertz CT molecular complexity index is 978. The van der Waals surface area contributed by atoms with E-state index in [0.717, 1.165) is 12.8 Å². The minimum Gasteiger partial charge on any atom is -0.494 e. The highest BCUT2D eigenvalue weighted by Crippen LogP contribution is 2.24. The molecule has 7 heteroatoms. The van der Waals surface area contributed by atoms with E-state index in [1.54, 1.807) is 24.3 Å². The second-order valence-corrected chi connectivity index (χ2v) is 7.82. The Morgan fingerprint density at radius 3 is 1.88 bits per heavy atom. The number of rotatable bonds is 12. The zero-order valence-electron chi connectivity index (χ0n) is 19.6. The van der Waals surface area contributed by atoms with E-state index in [1.165, 1.54) is 45.4 Å². The molecule has 0 N–H and O–H groups in total. The van der Waals surface area contributed by atoms with Gasteiger partial charge < -0.3 is 9.47 Å². The summed E-state index contributed by atoms with van der Waals surface area (Å²) in [6, 6.07) is 6.47. The molecule has 34 heavy (non-hydrogen) atoms. The van der Waals surface area contributed by atoms with Gasteiger partial charge in [-0.2, -0.15) is 0 Å². The number of benzene rings is 2. The van der Waals surface area contributed by atoms with E-state index in [0.29, 0.717) is 17.9 Å². The first-order valence-electron chi connectivity index (χ1n) is 11.7. The summed E-state index contributed by atoms with van der Waals surface area (Å²) in [5.74, 6) is -3.47. The second-order valence-electron chi connectivity index (χ2n) is 7.82. The summed E-state index contributed by atoms with van der Waals surface area (Å²) < 4.78 is 67.0. The maximum Gasteiger partial charge on any atom is 0.344 e. The van der Waals surface area contributed by atoms with Crippen LogP contribution >= 0.6 is 0 Å². The molecule has 0 amide bonds. The van der Waals surface area contributed by atoms with Gasteiger partial charge in [-0.25, -0.2) is 22.4 Å². The van der Waals surface area contributed by atoms with E-state index in [9.17, 15) is 22.4 Å². The zero-order valence-corrected chi connectivity index (χ0v) is 19.6. The summed E-state index contributed by atoms with van der Waals surface area (Å²) in [6.07, 6.45) is 9.60. The number of hydrogen-bond acceptors (Lipinski definition) is 3. The zero-order chi connectivity index (χ0) is 24.9. The molecule has 0 radical (unpaired) electrons. The lowest BCUT2D eigenvalue weighted by Gasteiger charge is -2.08. The number of carbonyl (C=O) groups excluding carboxylic acids is 1. The van der Waals surface area contributed by atoms with Gasteiger partial charge in [0.1, 0.15) is 16.9 Å². The fraction of sp³-hybridized carbons (Fsp3) is 0.444. The van der Waals surface area contributed by atoms with Gasteiger partial charge >= 0.3 is 5.97 Å². The molecule has 0 saturated carbocycles. The van der Waals surface area contributed by atoms with Crippen molar-refractivity contribution < 1.29 is 31.8 Å². The number of halogens is 4. The molecule has 184 valence electrons. The number of unbranched alkanes of at least 4 members (excludes halogenated alkanes) is 7. The van der Waals surface area contributed by atoms with Crippen LogP contribution in [0.4, 0.5) is 17.6 Å². The van der Waals surface area contributed by atoms with Gasteiger partial charge in [0, 0.05) is 5.56 Å². The third-order valence-electron chi connectivity index (χ3n) is 5.20. The molecule has 0 heterocycles. The van der Waals surface area contributed by atoms with Crippen LogP contribution in [0, 0.1) is 35.1 Å². The Morgan fingerprint density at radius 1 is 0.765 bits per heavy atom. The largest absolute Gasteiger partial charge is 0.494 e. The molecule has 0 unspecified atom stereocenters. The van der Waals surface area contributed by atoms with Crippen LogP contribution in [0.25, 0.3) is 0 Å². The van der Waals surface area contributed by atoms with Crippen molar-refractivity contribution in [1.82, 2.24) is 0 Å². The summed E-state index contributed by atoms with van der Waals surface area (Å²) in [4.78, 5) is 11.6. The van der Waals surface area contributed by atoms with Crippen molar-refractivity contribution >= 4 is 5.97 Å². The van der Waals surface area contributed by atoms with Crippen molar-refractivity contribution in [2.45, 2.75) is 65.2 Å². The van der Waals surface area contributed by atoms with E-state index in [4.69, 9.17) is 4.74 Å². The third kappa shape index (κ3) is 7.79. The monoisotopic (exact) mass is 478 g/mol. The van der Waals surface area contributed by atoms with Gasteiger partial charge in [0.05, 0.1) is 13.2 Å². The normalized spacial score (nSPS) is 10.5. The van der Waals surface area contributed by atoms with Crippen molar-refractivity contribution in [2.75, 3.05) is 13.2 Å². The van der Waals surface area contributed by atoms with Gasteiger partial charge in [-0.15, -0.1) is 0 Å². The summed E-state index contributed by atoms with van der Waals surface area (Å²) >= 11 is 0. The highest BCUT2D eigenvalue weighted by atomic mass is 19.2. The fourth-order valence-electron chi connectivity index (χ4n) is 3.32. The summed E-state index contributed by atoms with van der Waals surface area (Å²) in [7, 11) is 0. The van der Waals surface area contributed by atoms with Crippen LogP contribution in [0.5, 0.6) is 5.75 Å². The number of carbonyl (C=O) groups is 1. The first-order valence-corrected chi connectivity index (χ1v) is 11.7. The van der Waals surface area contributed by atoms with Crippen LogP contribution in [0.1, 0.15) is 86.7 Å². The summed E-state index contributed by atoms with van der Waals surface area (Å²) in [6.45, 7) is 3.97. The second kappa shape index (κ2) is 14.3. The molecule has 0 aliphatic heterocycles. The predicted molar refractivity (Wildman–Crippen MR) is 123 cm³/mol. The molecule has 0 bridgehead atoms. The van der Waals surface area contributed by atoms with Crippen molar-refractivity contribution in [3.63, 3.8) is 0 Å². The van der Waals surface area contributed by atoms with Gasteiger partial charge in [0.15, 0.2) is 23.3 Å². The molecule has 0 aliphatic rings. The Morgan fingerprint density at radius 2 is 1.32 bits per heavy atom. The van der Waals surface area contributed by atoms with Gasteiger partial charge in [-0.1, -0.05) is 63.7 Å². The Hall–Kier alpha value is -3.01. The predicted octanol–water partition coefficient (Wildman–Crippen LogP) is 7.34. The lowest BCUT2D eigenvalue weighted by molar-refractivity contribution is 0.0512. The summed E-state index contributed by atoms with van der Waals surface area (Å²) in [5, 5.41) is 0. The highest BCUT2D eigenvalue weighted by Gasteiger charge is 2.29. The Balaban J connectivity index is 1.95. The lowest BCUT2D eigenvalue weighted by atomic mass is 10.1. The van der Waals surface area contributed by atoms with Crippen molar-refractivity contribution in [1.29, 1.82) is 0 Å². The smallest absolute Gasteiger partial charge is 0.344 e. The highest BCUT2D eigenvalue weighted by molar-refractivity contribution is 5.90. The average Bonchev–Trinajstić information content (AvgIpc) is 2.83. The molecule has 0 fully saturated rings. The molecule has 3 nitrogen and oxygen atoms in total. The number of ether oxygens (including phenoxy) is 2. The first-order chi connectivity index (χ1) is 16.4. The van der Waals surface area contributed by atoms with Gasteiger partial charge in [0.2, 0.25) is 0 Å². The van der Waals surface area contributed by atoms with Crippen LogP contribution in [-0.2, 0) is 4.74 Å².